The lowest BCUT2D eigenvalue weighted by Crippen LogP contribution is -2.46. The number of hydrogen-bond acceptors (Lipinski definition) is 4. The van der Waals surface area contributed by atoms with Crippen LogP contribution in [0.15, 0.2) is 109 Å². The van der Waals surface area contributed by atoms with E-state index in [2.05, 4.69) is 22.8 Å². The van der Waals surface area contributed by atoms with Crippen LogP contribution in [0.1, 0.15) is 30.4 Å². The molecular formula is C33H33FN2O4. The highest BCUT2D eigenvalue weighted by molar-refractivity contribution is 5.97. The number of benzene rings is 4. The first-order valence-electron chi connectivity index (χ1n) is 13.3. The zero-order valence-electron chi connectivity index (χ0n) is 22.2. The molecule has 0 radical (unpaired) electrons. The number of rotatable bonds is 14. The van der Waals surface area contributed by atoms with Gasteiger partial charge < -0.3 is 20.1 Å². The van der Waals surface area contributed by atoms with Gasteiger partial charge in [0.1, 0.15) is 23.4 Å². The Hall–Kier alpha value is -4.49. The topological polar surface area (TPSA) is 76.7 Å². The molecule has 40 heavy (non-hydrogen) atoms. The average molecular weight is 541 g/mol. The molecule has 0 aliphatic heterocycles. The summed E-state index contributed by atoms with van der Waals surface area (Å²) in [6.45, 7) is 0.356. The van der Waals surface area contributed by atoms with Gasteiger partial charge in [-0.05, 0) is 78.9 Å². The van der Waals surface area contributed by atoms with E-state index in [4.69, 9.17) is 9.47 Å². The Balaban J connectivity index is 1.30. The predicted octanol–water partition coefficient (Wildman–Crippen LogP) is 6.67. The van der Waals surface area contributed by atoms with Crippen LogP contribution in [0.4, 0.5) is 10.1 Å². The molecule has 7 heteroatoms. The highest BCUT2D eigenvalue weighted by Gasteiger charge is 2.21. The molecule has 4 rings (SSSR count). The van der Waals surface area contributed by atoms with Crippen molar-refractivity contribution >= 4 is 17.5 Å². The Kier molecular flexibility index (Phi) is 10.8. The monoisotopic (exact) mass is 540 g/mol. The van der Waals surface area contributed by atoms with E-state index in [0.29, 0.717) is 30.2 Å². The maximum atomic E-state index is 13.1. The molecule has 6 nitrogen and oxygen atoms in total. The van der Waals surface area contributed by atoms with Gasteiger partial charge in [0.25, 0.3) is 0 Å². The molecule has 0 unspecified atom stereocenters. The second kappa shape index (κ2) is 15.2. The second-order valence-corrected chi connectivity index (χ2v) is 9.38. The fourth-order valence-electron chi connectivity index (χ4n) is 4.05. The third-order valence-corrected chi connectivity index (χ3v) is 6.18. The number of aryl methyl sites for hydroxylation is 1. The molecule has 0 aliphatic rings. The molecular weight excluding hydrogens is 507 g/mol. The van der Waals surface area contributed by atoms with Crippen LogP contribution in [0, 0.1) is 5.82 Å². The zero-order chi connectivity index (χ0) is 28.0. The van der Waals surface area contributed by atoms with E-state index < -0.39 is 6.04 Å². The SMILES string of the molecule is O=C(CCCCc1ccccc1)N[C@@H](COCc1ccccc1)C(=O)Nc1ccc(Oc2ccc(F)cc2)cc1. The van der Waals surface area contributed by atoms with Gasteiger partial charge in [-0.25, -0.2) is 4.39 Å². The number of hydrogen-bond donors (Lipinski definition) is 2. The average Bonchev–Trinajstić information content (AvgIpc) is 2.98. The van der Waals surface area contributed by atoms with Crippen LogP contribution in [0.25, 0.3) is 0 Å². The molecule has 1 atom stereocenters. The summed E-state index contributed by atoms with van der Waals surface area (Å²) in [5, 5.41) is 5.68. The number of halogens is 1. The van der Waals surface area contributed by atoms with Crippen molar-refractivity contribution in [1.29, 1.82) is 0 Å². The summed E-state index contributed by atoms with van der Waals surface area (Å²) < 4.78 is 24.6. The third kappa shape index (κ3) is 9.67. The van der Waals surface area contributed by atoms with E-state index in [1.807, 2.05) is 48.5 Å². The summed E-state index contributed by atoms with van der Waals surface area (Å²) in [5.41, 5.74) is 2.76. The first-order valence-corrected chi connectivity index (χ1v) is 13.3. The number of carbonyl (C=O) groups excluding carboxylic acids is 2. The third-order valence-electron chi connectivity index (χ3n) is 6.18. The van der Waals surface area contributed by atoms with E-state index in [1.54, 1.807) is 24.3 Å². The summed E-state index contributed by atoms with van der Waals surface area (Å²) in [6, 6.07) is 31.4. The molecule has 0 saturated heterocycles. The van der Waals surface area contributed by atoms with Crippen molar-refractivity contribution in [2.45, 2.75) is 38.3 Å². The van der Waals surface area contributed by atoms with Crippen molar-refractivity contribution in [2.75, 3.05) is 11.9 Å². The fourth-order valence-corrected chi connectivity index (χ4v) is 4.05. The van der Waals surface area contributed by atoms with Crippen molar-refractivity contribution in [3.8, 4) is 11.5 Å². The Morgan fingerprint density at radius 2 is 1.32 bits per heavy atom. The first-order chi connectivity index (χ1) is 19.5. The molecule has 4 aromatic carbocycles. The molecule has 0 aromatic heterocycles. The van der Waals surface area contributed by atoms with Crippen molar-refractivity contribution in [1.82, 2.24) is 5.32 Å². The van der Waals surface area contributed by atoms with Crippen molar-refractivity contribution in [3.05, 3.63) is 126 Å². The van der Waals surface area contributed by atoms with Crippen LogP contribution in [-0.4, -0.2) is 24.5 Å². The molecule has 0 aliphatic carbocycles. The molecule has 0 fully saturated rings. The standard InChI is InChI=1S/C33H33FN2O4/c34-27-15-19-29(20-16-27)40-30-21-17-28(18-22-30)35-33(38)31(24-39-23-26-12-5-2-6-13-26)36-32(37)14-8-7-11-25-9-3-1-4-10-25/h1-6,9-10,12-13,15-22,31H,7-8,11,14,23-24H2,(H,35,38)(H,36,37)/t31-/m0/s1. The number of carbonyl (C=O) groups is 2. The Morgan fingerprint density at radius 3 is 1.98 bits per heavy atom. The van der Waals surface area contributed by atoms with E-state index in [-0.39, 0.29) is 24.2 Å². The predicted molar refractivity (Wildman–Crippen MR) is 154 cm³/mol. The van der Waals surface area contributed by atoms with E-state index >= 15 is 0 Å². The van der Waals surface area contributed by atoms with Crippen LogP contribution in [-0.2, 0) is 27.4 Å². The number of anilines is 1. The minimum atomic E-state index is -0.861. The first kappa shape index (κ1) is 28.5. The maximum absolute atomic E-state index is 13.1. The van der Waals surface area contributed by atoms with Gasteiger partial charge >= 0.3 is 0 Å². The summed E-state index contributed by atoms with van der Waals surface area (Å²) in [4.78, 5) is 25.8. The highest BCUT2D eigenvalue weighted by Crippen LogP contribution is 2.23. The van der Waals surface area contributed by atoms with Gasteiger partial charge in [-0.15, -0.1) is 0 Å². The highest BCUT2D eigenvalue weighted by atomic mass is 19.1. The molecule has 0 bridgehead atoms. The number of amides is 2. The Morgan fingerprint density at radius 1 is 0.725 bits per heavy atom. The molecule has 0 saturated carbocycles. The maximum Gasteiger partial charge on any atom is 0.249 e. The van der Waals surface area contributed by atoms with Crippen molar-refractivity contribution in [3.63, 3.8) is 0 Å². The van der Waals surface area contributed by atoms with E-state index in [1.165, 1.54) is 29.8 Å². The molecule has 0 heterocycles. The van der Waals surface area contributed by atoms with Gasteiger partial charge in [0, 0.05) is 12.1 Å². The summed E-state index contributed by atoms with van der Waals surface area (Å²) in [6.07, 6.45) is 2.82. The van der Waals surface area contributed by atoms with Crippen molar-refractivity contribution < 1.29 is 23.5 Å². The summed E-state index contributed by atoms with van der Waals surface area (Å²) in [5.74, 6) is 0.126. The van der Waals surface area contributed by atoms with Crippen LogP contribution in [0.3, 0.4) is 0 Å². The minimum absolute atomic E-state index is 0.0300. The van der Waals surface area contributed by atoms with Gasteiger partial charge in [-0.1, -0.05) is 60.7 Å². The molecule has 4 aromatic rings. The van der Waals surface area contributed by atoms with E-state index in [0.717, 1.165) is 24.8 Å². The molecule has 0 spiro atoms. The minimum Gasteiger partial charge on any atom is -0.457 e. The van der Waals surface area contributed by atoms with Crippen LogP contribution in [0.5, 0.6) is 11.5 Å². The van der Waals surface area contributed by atoms with Crippen LogP contribution in [0.2, 0.25) is 0 Å². The molecule has 206 valence electrons. The van der Waals surface area contributed by atoms with Gasteiger partial charge in [0.05, 0.1) is 13.2 Å². The quantitative estimate of drug-likeness (QED) is 0.175. The molecule has 2 amide bonds. The summed E-state index contributed by atoms with van der Waals surface area (Å²) >= 11 is 0. The second-order valence-electron chi connectivity index (χ2n) is 9.38. The Labute approximate surface area is 234 Å². The largest absolute Gasteiger partial charge is 0.457 e. The van der Waals surface area contributed by atoms with Gasteiger partial charge in [0.15, 0.2) is 0 Å². The van der Waals surface area contributed by atoms with Crippen LogP contribution >= 0.6 is 0 Å². The van der Waals surface area contributed by atoms with Gasteiger partial charge in [-0.2, -0.15) is 0 Å². The number of ether oxygens (including phenoxy) is 2. The lowest BCUT2D eigenvalue weighted by atomic mass is 10.1. The zero-order valence-corrected chi connectivity index (χ0v) is 22.2. The Bertz CT molecular complexity index is 1330. The lowest BCUT2D eigenvalue weighted by Gasteiger charge is -2.19. The van der Waals surface area contributed by atoms with Crippen LogP contribution < -0.4 is 15.4 Å². The molecule has 2 N–H and O–H groups in total. The normalized spacial score (nSPS) is 11.4. The number of unbranched alkanes of at least 4 members (excludes halogenated alkanes) is 1. The van der Waals surface area contributed by atoms with E-state index in [9.17, 15) is 14.0 Å². The smallest absolute Gasteiger partial charge is 0.249 e. The van der Waals surface area contributed by atoms with Gasteiger partial charge in [-0.3, -0.25) is 9.59 Å². The van der Waals surface area contributed by atoms with Crippen molar-refractivity contribution in [2.24, 2.45) is 0 Å². The lowest BCUT2D eigenvalue weighted by molar-refractivity contribution is -0.128. The van der Waals surface area contributed by atoms with Gasteiger partial charge in [0.2, 0.25) is 11.8 Å². The summed E-state index contributed by atoms with van der Waals surface area (Å²) in [7, 11) is 0. The fraction of sp³-hybridized carbons (Fsp3) is 0.212. The number of nitrogens with one attached hydrogen (secondary N) is 2.